The lowest BCUT2D eigenvalue weighted by atomic mass is 9.46. The highest BCUT2D eigenvalue weighted by Gasteiger charge is 2.59. The van der Waals surface area contributed by atoms with E-state index in [1.165, 1.54) is 12.0 Å². The molecule has 0 aromatic heterocycles. The van der Waals surface area contributed by atoms with E-state index in [0.717, 1.165) is 32.1 Å². The minimum atomic E-state index is -0.0642. The minimum Gasteiger partial charge on any atom is -0.299 e. The van der Waals surface area contributed by atoms with Gasteiger partial charge < -0.3 is 0 Å². The molecule has 0 heterocycles. The zero-order valence-electron chi connectivity index (χ0n) is 14.6. The fraction of sp³-hybridized carbons (Fsp3) is 0.714. The second-order valence-electron chi connectivity index (χ2n) is 8.75. The van der Waals surface area contributed by atoms with Crippen molar-refractivity contribution in [3.63, 3.8) is 0 Å². The number of Topliss-reactive ketones (excluding diaryl/α,β-unsaturated/α-hetero) is 1. The molecule has 23 heavy (non-hydrogen) atoms. The van der Waals surface area contributed by atoms with Crippen molar-refractivity contribution in [2.45, 2.75) is 59.3 Å². The summed E-state index contributed by atoms with van der Waals surface area (Å²) in [5.74, 6) is 2.98. The third kappa shape index (κ3) is 1.93. The number of carbonyl (C=O) groups excluding carboxylic acids is 2. The molecule has 0 aromatic rings. The lowest BCUT2D eigenvalue weighted by Crippen LogP contribution is -2.51. The molecular formula is C21H28O2. The standard InChI is InChI=1S/C21H28O2/c1-4-13-11-15-16-5-6-19(23)21(16,3)10-8-17(15)20(2)9-7-14(22)12-18(13)20/h7,9,12-13,15-17H,4-6,8,10-11H2,1-3H3/t13?,15-,16-,17-,20+,21-/m0/s1. The normalized spacial score (nSPS) is 48.6. The van der Waals surface area contributed by atoms with Crippen LogP contribution in [0.3, 0.4) is 0 Å². The molecule has 1 unspecified atom stereocenters. The van der Waals surface area contributed by atoms with Crippen molar-refractivity contribution in [1.29, 1.82) is 0 Å². The van der Waals surface area contributed by atoms with Crippen molar-refractivity contribution in [3.8, 4) is 0 Å². The van der Waals surface area contributed by atoms with E-state index in [1.54, 1.807) is 6.08 Å². The van der Waals surface area contributed by atoms with Gasteiger partial charge in [0.1, 0.15) is 5.78 Å². The fourth-order valence-electron chi connectivity index (χ4n) is 6.58. The molecule has 0 radical (unpaired) electrons. The average Bonchev–Trinajstić information content (AvgIpc) is 2.83. The van der Waals surface area contributed by atoms with Crippen molar-refractivity contribution in [2.24, 2.45) is 34.5 Å². The Morgan fingerprint density at radius 3 is 2.70 bits per heavy atom. The molecule has 0 aliphatic heterocycles. The first-order chi connectivity index (χ1) is 10.9. The second kappa shape index (κ2) is 4.91. The van der Waals surface area contributed by atoms with E-state index >= 15 is 0 Å². The van der Waals surface area contributed by atoms with Crippen molar-refractivity contribution >= 4 is 11.6 Å². The van der Waals surface area contributed by atoms with Crippen LogP contribution in [-0.2, 0) is 9.59 Å². The second-order valence-corrected chi connectivity index (χ2v) is 8.75. The van der Waals surface area contributed by atoms with Crippen LogP contribution in [0.25, 0.3) is 0 Å². The smallest absolute Gasteiger partial charge is 0.178 e. The third-order valence-corrected chi connectivity index (χ3v) is 7.92. The van der Waals surface area contributed by atoms with Gasteiger partial charge in [-0.1, -0.05) is 32.4 Å². The van der Waals surface area contributed by atoms with Crippen LogP contribution in [0.2, 0.25) is 0 Å². The van der Waals surface area contributed by atoms with Gasteiger partial charge in [0, 0.05) is 17.3 Å². The number of carbonyl (C=O) groups is 2. The molecule has 6 atom stereocenters. The summed E-state index contributed by atoms with van der Waals surface area (Å²) in [6.45, 7) is 6.83. The highest BCUT2D eigenvalue weighted by atomic mass is 16.1. The topological polar surface area (TPSA) is 34.1 Å². The van der Waals surface area contributed by atoms with Crippen LogP contribution in [-0.4, -0.2) is 11.6 Å². The van der Waals surface area contributed by atoms with Crippen LogP contribution < -0.4 is 0 Å². The van der Waals surface area contributed by atoms with Gasteiger partial charge in [-0.2, -0.15) is 0 Å². The lowest BCUT2D eigenvalue weighted by Gasteiger charge is -2.57. The number of allylic oxidation sites excluding steroid dienone is 4. The van der Waals surface area contributed by atoms with Gasteiger partial charge in [0.2, 0.25) is 0 Å². The van der Waals surface area contributed by atoms with Crippen LogP contribution in [0.4, 0.5) is 0 Å². The Labute approximate surface area is 139 Å². The molecule has 0 amide bonds. The van der Waals surface area contributed by atoms with Crippen LogP contribution >= 0.6 is 0 Å². The summed E-state index contributed by atoms with van der Waals surface area (Å²) in [5.41, 5.74) is 1.34. The summed E-state index contributed by atoms with van der Waals surface area (Å²) in [4.78, 5) is 24.4. The van der Waals surface area contributed by atoms with E-state index in [1.807, 2.05) is 6.08 Å². The van der Waals surface area contributed by atoms with E-state index in [0.29, 0.717) is 29.5 Å². The molecule has 4 rings (SSSR count). The highest BCUT2D eigenvalue weighted by Crippen LogP contribution is 2.64. The summed E-state index contributed by atoms with van der Waals surface area (Å²) in [5, 5.41) is 0. The van der Waals surface area contributed by atoms with Crippen molar-refractivity contribution < 1.29 is 9.59 Å². The Hall–Kier alpha value is -1.18. The van der Waals surface area contributed by atoms with Crippen LogP contribution in [0.15, 0.2) is 23.8 Å². The minimum absolute atomic E-state index is 0.0322. The Balaban J connectivity index is 1.77. The first kappa shape index (κ1) is 15.4. The van der Waals surface area contributed by atoms with Crippen molar-refractivity contribution in [2.75, 3.05) is 0 Å². The quantitative estimate of drug-likeness (QED) is 0.714. The number of fused-ring (bicyclic) bond motifs is 5. The monoisotopic (exact) mass is 312 g/mol. The molecule has 0 N–H and O–H groups in total. The first-order valence-electron chi connectivity index (χ1n) is 9.38. The van der Waals surface area contributed by atoms with Crippen LogP contribution in [0.5, 0.6) is 0 Å². The van der Waals surface area contributed by atoms with Crippen LogP contribution in [0, 0.1) is 34.5 Å². The van der Waals surface area contributed by atoms with E-state index < -0.39 is 0 Å². The SMILES string of the molecule is CCC1C[C@@H]2[C@H](CC[C@]3(C)C(=O)CC[C@@H]23)[C@@]2(C)C=CC(=O)C=C12. The predicted molar refractivity (Wildman–Crippen MR) is 90.8 cm³/mol. The summed E-state index contributed by atoms with van der Waals surface area (Å²) in [7, 11) is 0. The van der Waals surface area contributed by atoms with Gasteiger partial charge in [0.15, 0.2) is 5.78 Å². The molecule has 4 aliphatic carbocycles. The molecule has 3 saturated carbocycles. The number of rotatable bonds is 1. The maximum absolute atomic E-state index is 12.5. The third-order valence-electron chi connectivity index (χ3n) is 7.92. The number of ketones is 2. The maximum atomic E-state index is 12.5. The Bertz CT molecular complexity index is 628. The van der Waals surface area contributed by atoms with Gasteiger partial charge in [-0.25, -0.2) is 0 Å². The van der Waals surface area contributed by atoms with Crippen molar-refractivity contribution in [3.05, 3.63) is 23.8 Å². The summed E-state index contributed by atoms with van der Waals surface area (Å²) in [6.07, 6.45) is 12.2. The van der Waals surface area contributed by atoms with Gasteiger partial charge in [0.25, 0.3) is 0 Å². The number of hydrogen-bond acceptors (Lipinski definition) is 2. The van der Waals surface area contributed by atoms with Crippen molar-refractivity contribution in [1.82, 2.24) is 0 Å². The van der Waals surface area contributed by atoms with Crippen LogP contribution in [0.1, 0.15) is 59.3 Å². The predicted octanol–water partition coefficient (Wildman–Crippen LogP) is 4.50. The zero-order chi connectivity index (χ0) is 16.4. The molecule has 2 heteroatoms. The summed E-state index contributed by atoms with van der Waals surface area (Å²) < 4.78 is 0. The van der Waals surface area contributed by atoms with Gasteiger partial charge in [0.05, 0.1) is 0 Å². The number of hydrogen-bond donors (Lipinski definition) is 0. The van der Waals surface area contributed by atoms with Gasteiger partial charge >= 0.3 is 0 Å². The summed E-state index contributed by atoms with van der Waals surface area (Å²) >= 11 is 0. The van der Waals surface area contributed by atoms with Gasteiger partial charge in [-0.3, -0.25) is 9.59 Å². The highest BCUT2D eigenvalue weighted by molar-refractivity contribution is 6.01. The largest absolute Gasteiger partial charge is 0.299 e. The van der Waals surface area contributed by atoms with E-state index in [2.05, 4.69) is 26.8 Å². The molecule has 0 aromatic carbocycles. The molecule has 2 nitrogen and oxygen atoms in total. The first-order valence-corrected chi connectivity index (χ1v) is 9.38. The van der Waals surface area contributed by atoms with E-state index in [9.17, 15) is 9.59 Å². The van der Waals surface area contributed by atoms with E-state index in [4.69, 9.17) is 0 Å². The molecule has 3 fully saturated rings. The molecule has 4 aliphatic rings. The molecule has 0 saturated heterocycles. The molecule has 124 valence electrons. The molecule has 0 bridgehead atoms. The Morgan fingerprint density at radius 2 is 1.96 bits per heavy atom. The van der Waals surface area contributed by atoms with Gasteiger partial charge in [-0.05, 0) is 67.9 Å². The molecular weight excluding hydrogens is 284 g/mol. The summed E-state index contributed by atoms with van der Waals surface area (Å²) in [6, 6.07) is 0. The maximum Gasteiger partial charge on any atom is 0.178 e. The Kier molecular flexibility index (Phi) is 3.28. The van der Waals surface area contributed by atoms with E-state index in [-0.39, 0.29) is 16.6 Å². The lowest BCUT2D eigenvalue weighted by molar-refractivity contribution is -0.132. The fourth-order valence-corrected chi connectivity index (χ4v) is 6.58. The molecule has 0 spiro atoms. The average molecular weight is 312 g/mol. The zero-order valence-corrected chi connectivity index (χ0v) is 14.6. The van der Waals surface area contributed by atoms with Gasteiger partial charge in [-0.15, -0.1) is 0 Å². The Morgan fingerprint density at radius 1 is 1.17 bits per heavy atom.